The molecule has 0 aliphatic carbocycles. The van der Waals surface area contributed by atoms with Crippen molar-refractivity contribution >= 4 is 140 Å². The van der Waals surface area contributed by atoms with Crippen LogP contribution in [-0.4, -0.2) is 0 Å². The first-order valence-electron chi connectivity index (χ1n) is 36.0. The second-order valence-electron chi connectivity index (χ2n) is 27.5. The van der Waals surface area contributed by atoms with Gasteiger partial charge >= 0.3 is 0 Å². The minimum Gasteiger partial charge on any atom is -0.455 e. The third-order valence-corrected chi connectivity index (χ3v) is 22.9. The Balaban J connectivity index is 0.000000136. The zero-order valence-corrected chi connectivity index (χ0v) is 57.8. The third-order valence-electron chi connectivity index (χ3n) is 21.7. The van der Waals surface area contributed by atoms with Gasteiger partial charge in [-0.15, -0.1) is 11.3 Å². The lowest BCUT2D eigenvalue weighted by Gasteiger charge is -2.19. The number of fused-ring (bicyclic) bond motifs is 15. The van der Waals surface area contributed by atoms with E-state index in [1.807, 2.05) is 11.3 Å². The molecule has 0 radical (unpaired) electrons. The Labute approximate surface area is 609 Å². The molecule has 2 nitrogen and oxygen atoms in total. The van der Waals surface area contributed by atoms with Gasteiger partial charge in [-0.1, -0.05) is 315 Å². The SMILES string of the molecule is c1ccc(-c2cc(-c3ccccc3)cc(-c3ccc(-c4c5ccccc5c(-c5ccc6ccccc6c5)c5ccccc45)c4c3oc3ccccc34)c2)cc1.c1ccc2cc(-c3c4ccccc4c(-c4ccc(-c5cccc6c5sc5ccccc56)c5oc6ccccc6c45)c4ccccc34)ccc2c1. The molecule has 3 heterocycles. The molecule has 3 aromatic heterocycles. The van der Waals surface area contributed by atoms with Gasteiger partial charge in [0.15, 0.2) is 0 Å². The zero-order valence-electron chi connectivity index (χ0n) is 57.0. The maximum Gasteiger partial charge on any atom is 0.143 e. The highest BCUT2D eigenvalue weighted by Gasteiger charge is 2.26. The smallest absolute Gasteiger partial charge is 0.143 e. The average molecular weight is 1350 g/mol. The molecule has 488 valence electrons. The van der Waals surface area contributed by atoms with E-state index in [0.29, 0.717) is 0 Å². The summed E-state index contributed by atoms with van der Waals surface area (Å²) in [5.74, 6) is 0. The summed E-state index contributed by atoms with van der Waals surface area (Å²) in [5.41, 5.74) is 22.7. The summed E-state index contributed by atoms with van der Waals surface area (Å²) >= 11 is 1.86. The standard InChI is InChI=1S/C54H34O.C48H28OS/c1-3-15-35(16-4-1)40-32-41(36-17-5-2-6-18-36)34-42(33-40)43-29-30-49(53-48-25-13-14-26-50(48)55-54(43)53)52-46-23-11-9-21-44(46)51(45-22-10-12-24-47(45)52)39-28-27-37-19-7-8-20-38(37)31-39;1-2-13-30-28-31(25-24-29(30)12-1)44-33-15-3-5-17-35(33)45(36-18-6-4-16-34(36)44)41-27-26-37(47-46(41)40-19-7-9-22-42(40)49-47)39-21-11-20-38-32-14-8-10-23-43(32)50-48(38)39/h1-34H;1-28H. The maximum absolute atomic E-state index is 6.95. The highest BCUT2D eigenvalue weighted by molar-refractivity contribution is 7.26. The van der Waals surface area contributed by atoms with Gasteiger partial charge in [0.1, 0.15) is 22.3 Å². The molecule has 0 aliphatic rings. The van der Waals surface area contributed by atoms with Crippen LogP contribution in [0.4, 0.5) is 0 Å². The van der Waals surface area contributed by atoms with E-state index < -0.39 is 0 Å². The van der Waals surface area contributed by atoms with Crippen LogP contribution in [0, 0.1) is 0 Å². The van der Waals surface area contributed by atoms with Gasteiger partial charge in [-0.05, 0) is 198 Å². The van der Waals surface area contributed by atoms with E-state index in [1.54, 1.807) is 0 Å². The van der Waals surface area contributed by atoms with Crippen LogP contribution in [0.5, 0.6) is 0 Å². The first-order chi connectivity index (χ1) is 52.1. The van der Waals surface area contributed by atoms with Gasteiger partial charge in [-0.3, -0.25) is 0 Å². The van der Waals surface area contributed by atoms with Gasteiger partial charge in [-0.25, -0.2) is 0 Å². The normalized spacial score (nSPS) is 11.8. The minimum atomic E-state index is 0.884. The van der Waals surface area contributed by atoms with Crippen molar-refractivity contribution in [3.63, 3.8) is 0 Å². The Morgan fingerprint density at radius 1 is 0.181 bits per heavy atom. The van der Waals surface area contributed by atoms with Gasteiger partial charge in [0, 0.05) is 58.4 Å². The fraction of sp³-hybridized carbons (Fsp3) is 0. The molecule has 0 N–H and O–H groups in total. The van der Waals surface area contributed by atoms with E-state index in [1.165, 1.54) is 157 Å². The highest BCUT2D eigenvalue weighted by atomic mass is 32.1. The number of hydrogen-bond acceptors (Lipinski definition) is 3. The minimum absolute atomic E-state index is 0.884. The number of rotatable bonds is 8. The average Bonchev–Trinajstić information content (AvgIpc) is 1.71. The van der Waals surface area contributed by atoms with E-state index in [2.05, 4.69) is 376 Å². The first-order valence-corrected chi connectivity index (χ1v) is 36.8. The fourth-order valence-electron chi connectivity index (χ4n) is 17.0. The Hall–Kier alpha value is -13.4. The first kappa shape index (κ1) is 60.3. The third kappa shape index (κ3) is 9.92. The van der Waals surface area contributed by atoms with Gasteiger partial charge in [0.2, 0.25) is 0 Å². The molecule has 3 heteroatoms. The lowest BCUT2D eigenvalue weighted by Crippen LogP contribution is -1.92. The molecule has 0 atom stereocenters. The molecule has 0 bridgehead atoms. The van der Waals surface area contributed by atoms with E-state index in [-0.39, 0.29) is 0 Å². The maximum atomic E-state index is 6.95. The Morgan fingerprint density at radius 2 is 0.533 bits per heavy atom. The number of thiophene rings is 1. The lowest BCUT2D eigenvalue weighted by atomic mass is 9.84. The number of para-hydroxylation sites is 2. The molecule has 0 spiro atoms. The van der Waals surface area contributed by atoms with Crippen LogP contribution < -0.4 is 0 Å². The molecule has 0 fully saturated rings. The van der Waals surface area contributed by atoms with Gasteiger partial charge in [-0.2, -0.15) is 0 Å². The Bertz CT molecular complexity index is 7100. The molecule has 0 unspecified atom stereocenters. The van der Waals surface area contributed by atoms with Crippen molar-refractivity contribution in [1.82, 2.24) is 0 Å². The van der Waals surface area contributed by atoms with Crippen LogP contribution in [0.1, 0.15) is 0 Å². The number of furan rings is 2. The van der Waals surface area contributed by atoms with Crippen molar-refractivity contribution < 1.29 is 8.83 Å². The van der Waals surface area contributed by atoms with Crippen molar-refractivity contribution in [2.24, 2.45) is 0 Å². The van der Waals surface area contributed by atoms with Gasteiger partial charge in [0.05, 0.1) is 0 Å². The predicted molar refractivity (Wildman–Crippen MR) is 449 cm³/mol. The topological polar surface area (TPSA) is 26.3 Å². The zero-order chi connectivity index (χ0) is 69.1. The summed E-state index contributed by atoms with van der Waals surface area (Å²) in [6, 6.07) is 137. The van der Waals surface area contributed by atoms with Crippen molar-refractivity contribution in [3.8, 4) is 89.0 Å². The molecule has 22 rings (SSSR count). The molecule has 22 aromatic rings. The second kappa shape index (κ2) is 24.7. The van der Waals surface area contributed by atoms with Crippen LogP contribution in [0.2, 0.25) is 0 Å². The van der Waals surface area contributed by atoms with E-state index in [4.69, 9.17) is 8.83 Å². The fourth-order valence-corrected chi connectivity index (χ4v) is 18.2. The van der Waals surface area contributed by atoms with Crippen LogP contribution in [-0.2, 0) is 0 Å². The van der Waals surface area contributed by atoms with E-state index in [9.17, 15) is 0 Å². The highest BCUT2D eigenvalue weighted by Crippen LogP contribution is 2.53. The van der Waals surface area contributed by atoms with Crippen LogP contribution in [0.25, 0.3) is 218 Å². The van der Waals surface area contributed by atoms with Crippen molar-refractivity contribution in [2.75, 3.05) is 0 Å². The Kier molecular flexibility index (Phi) is 14.2. The number of hydrogen-bond donors (Lipinski definition) is 0. The Morgan fingerprint density at radius 3 is 1.01 bits per heavy atom. The second-order valence-corrected chi connectivity index (χ2v) is 28.6. The quantitative estimate of drug-likeness (QED) is 0.142. The van der Waals surface area contributed by atoms with Gasteiger partial charge < -0.3 is 8.83 Å². The molecular weight excluding hydrogens is 1290 g/mol. The van der Waals surface area contributed by atoms with E-state index >= 15 is 0 Å². The lowest BCUT2D eigenvalue weighted by molar-refractivity contribution is 0.669. The van der Waals surface area contributed by atoms with Gasteiger partial charge in [0.25, 0.3) is 0 Å². The van der Waals surface area contributed by atoms with Crippen molar-refractivity contribution in [1.29, 1.82) is 0 Å². The van der Waals surface area contributed by atoms with E-state index in [0.717, 1.165) is 60.6 Å². The molecule has 19 aromatic carbocycles. The predicted octanol–water partition coefficient (Wildman–Crippen LogP) is 29.8. The number of benzene rings is 19. The largest absolute Gasteiger partial charge is 0.455 e. The monoisotopic (exact) mass is 1350 g/mol. The van der Waals surface area contributed by atoms with Crippen molar-refractivity contribution in [3.05, 3.63) is 376 Å². The van der Waals surface area contributed by atoms with Crippen LogP contribution >= 0.6 is 11.3 Å². The van der Waals surface area contributed by atoms with Crippen LogP contribution in [0.3, 0.4) is 0 Å². The summed E-state index contributed by atoms with van der Waals surface area (Å²) in [6.07, 6.45) is 0. The molecular formula is C102H62O2S. The summed E-state index contributed by atoms with van der Waals surface area (Å²) in [4.78, 5) is 0. The summed E-state index contributed by atoms with van der Waals surface area (Å²) < 4.78 is 16.4. The molecule has 0 saturated heterocycles. The summed E-state index contributed by atoms with van der Waals surface area (Å²) in [6.45, 7) is 0. The molecule has 105 heavy (non-hydrogen) atoms. The van der Waals surface area contributed by atoms with Crippen LogP contribution in [0.15, 0.2) is 385 Å². The summed E-state index contributed by atoms with van der Waals surface area (Å²) in [5, 5.41) is 22.0. The summed E-state index contributed by atoms with van der Waals surface area (Å²) in [7, 11) is 0. The molecule has 0 saturated carbocycles. The van der Waals surface area contributed by atoms with Crippen molar-refractivity contribution in [2.45, 2.75) is 0 Å². The molecule has 0 aliphatic heterocycles. The molecule has 0 amide bonds.